The lowest BCUT2D eigenvalue weighted by Gasteiger charge is -2.27. The molecule has 0 atom stereocenters. The number of nitrogens with one attached hydrogen (secondary N) is 1. The summed E-state index contributed by atoms with van der Waals surface area (Å²) in [5, 5.41) is 9.15. The van der Waals surface area contributed by atoms with E-state index in [9.17, 15) is 22.4 Å². The lowest BCUT2D eigenvalue weighted by atomic mass is 9.96. The minimum Gasteiger partial charge on any atom is -0.487 e. The number of amides is 1. The SMILES string of the molecule is O=C(NS(=O)(=O)N1CCCC1)c1cc(OC2CCC2)c(F)c(C(=O)O)c1. The van der Waals surface area contributed by atoms with Crippen LogP contribution < -0.4 is 9.46 Å². The molecule has 3 rings (SSSR count). The second-order valence-electron chi connectivity index (χ2n) is 6.35. The van der Waals surface area contributed by atoms with Gasteiger partial charge < -0.3 is 9.84 Å². The highest BCUT2D eigenvalue weighted by atomic mass is 32.2. The standard InChI is InChI=1S/C16H19FN2O6S/c17-14-12(16(21)22)8-10(9-13(14)25-11-4-3-5-11)15(20)18-26(23,24)19-6-1-2-7-19/h8-9,11H,1-7H2,(H,18,20)(H,21,22). The molecule has 2 fully saturated rings. The van der Waals surface area contributed by atoms with Gasteiger partial charge in [-0.15, -0.1) is 0 Å². The average Bonchev–Trinajstić information content (AvgIpc) is 3.06. The predicted molar refractivity (Wildman–Crippen MR) is 88.8 cm³/mol. The van der Waals surface area contributed by atoms with Crippen molar-refractivity contribution in [3.63, 3.8) is 0 Å². The normalized spacial score (nSPS) is 18.3. The number of halogens is 1. The third kappa shape index (κ3) is 3.80. The largest absolute Gasteiger partial charge is 0.487 e. The summed E-state index contributed by atoms with van der Waals surface area (Å²) in [4.78, 5) is 23.6. The molecular formula is C16H19FN2O6S. The number of aromatic carboxylic acids is 1. The van der Waals surface area contributed by atoms with Gasteiger partial charge in [0.15, 0.2) is 11.6 Å². The predicted octanol–water partition coefficient (Wildman–Crippen LogP) is 1.53. The Balaban J connectivity index is 1.87. The Kier molecular flexibility index (Phi) is 5.15. The minimum atomic E-state index is -4.03. The van der Waals surface area contributed by atoms with Crippen molar-refractivity contribution in [2.45, 2.75) is 38.2 Å². The van der Waals surface area contributed by atoms with Crippen LogP contribution in [0.1, 0.15) is 52.8 Å². The fourth-order valence-electron chi connectivity index (χ4n) is 2.81. The molecule has 0 spiro atoms. The molecule has 1 aromatic carbocycles. The molecule has 10 heteroatoms. The highest BCUT2D eigenvalue weighted by Gasteiger charge is 2.29. The quantitative estimate of drug-likeness (QED) is 0.767. The van der Waals surface area contributed by atoms with Gasteiger partial charge in [0.05, 0.1) is 11.7 Å². The number of nitrogens with zero attached hydrogens (tertiary/aromatic N) is 1. The first kappa shape index (κ1) is 18.6. The Morgan fingerprint density at radius 3 is 2.38 bits per heavy atom. The Labute approximate surface area is 150 Å². The summed E-state index contributed by atoms with van der Waals surface area (Å²) in [6, 6.07) is 1.84. The molecule has 0 unspecified atom stereocenters. The molecule has 1 aromatic rings. The van der Waals surface area contributed by atoms with Gasteiger partial charge in [-0.3, -0.25) is 4.79 Å². The smallest absolute Gasteiger partial charge is 0.338 e. The average molecular weight is 386 g/mol. The fraction of sp³-hybridized carbons (Fsp3) is 0.500. The highest BCUT2D eigenvalue weighted by Crippen LogP contribution is 2.30. The molecule has 1 amide bonds. The number of hydrogen-bond donors (Lipinski definition) is 2. The van der Waals surface area contributed by atoms with E-state index >= 15 is 0 Å². The molecule has 8 nitrogen and oxygen atoms in total. The van der Waals surface area contributed by atoms with Crippen molar-refractivity contribution in [2.24, 2.45) is 0 Å². The molecule has 2 aliphatic rings. The third-order valence-electron chi connectivity index (χ3n) is 4.50. The summed E-state index contributed by atoms with van der Waals surface area (Å²) < 4.78 is 47.1. The number of benzene rings is 1. The van der Waals surface area contributed by atoms with Gasteiger partial charge in [0.1, 0.15) is 0 Å². The molecule has 1 aliphatic heterocycles. The van der Waals surface area contributed by atoms with E-state index in [1.165, 1.54) is 0 Å². The van der Waals surface area contributed by atoms with E-state index in [0.29, 0.717) is 38.8 Å². The second-order valence-corrected chi connectivity index (χ2v) is 8.02. The maximum Gasteiger partial charge on any atom is 0.338 e. The zero-order valence-corrected chi connectivity index (χ0v) is 14.7. The van der Waals surface area contributed by atoms with Crippen molar-refractivity contribution in [3.8, 4) is 5.75 Å². The summed E-state index contributed by atoms with van der Waals surface area (Å²) in [5.41, 5.74) is -1.04. The summed E-state index contributed by atoms with van der Waals surface area (Å²) in [6.07, 6.45) is 3.51. The van der Waals surface area contributed by atoms with Crippen LogP contribution >= 0.6 is 0 Å². The van der Waals surface area contributed by atoms with Crippen LogP contribution in [0.3, 0.4) is 0 Å². The molecule has 2 N–H and O–H groups in total. The zero-order chi connectivity index (χ0) is 18.9. The first-order chi connectivity index (χ1) is 12.3. The summed E-state index contributed by atoms with van der Waals surface area (Å²) in [6.45, 7) is 0.616. The molecule has 1 saturated heterocycles. The topological polar surface area (TPSA) is 113 Å². The Bertz CT molecular complexity index is 831. The molecule has 0 bridgehead atoms. The highest BCUT2D eigenvalue weighted by molar-refractivity contribution is 7.87. The number of rotatable bonds is 6. The van der Waals surface area contributed by atoms with Crippen molar-refractivity contribution in [1.82, 2.24) is 9.03 Å². The Morgan fingerprint density at radius 2 is 1.85 bits per heavy atom. The first-order valence-electron chi connectivity index (χ1n) is 8.33. The van der Waals surface area contributed by atoms with E-state index < -0.39 is 33.5 Å². The molecule has 1 saturated carbocycles. The van der Waals surface area contributed by atoms with Crippen LogP contribution in [-0.2, 0) is 10.2 Å². The molecule has 1 heterocycles. The maximum absolute atomic E-state index is 14.3. The minimum absolute atomic E-state index is 0.238. The van der Waals surface area contributed by atoms with Gasteiger partial charge in [0, 0.05) is 18.7 Å². The van der Waals surface area contributed by atoms with Crippen LogP contribution in [0.15, 0.2) is 12.1 Å². The molecule has 0 aromatic heterocycles. The molecule has 1 aliphatic carbocycles. The Morgan fingerprint density at radius 1 is 1.19 bits per heavy atom. The number of hydrogen-bond acceptors (Lipinski definition) is 5. The number of carboxylic acid groups (broad SMARTS) is 1. The van der Waals surface area contributed by atoms with Gasteiger partial charge in [-0.2, -0.15) is 12.7 Å². The third-order valence-corrected chi connectivity index (χ3v) is 5.99. The van der Waals surface area contributed by atoms with Gasteiger partial charge in [-0.25, -0.2) is 13.9 Å². The molecule has 26 heavy (non-hydrogen) atoms. The van der Waals surface area contributed by atoms with Crippen LogP contribution in [0, 0.1) is 5.82 Å². The van der Waals surface area contributed by atoms with Crippen LogP contribution in [0.2, 0.25) is 0 Å². The number of ether oxygens (including phenoxy) is 1. The monoisotopic (exact) mass is 386 g/mol. The van der Waals surface area contributed by atoms with Gasteiger partial charge in [0.2, 0.25) is 0 Å². The summed E-state index contributed by atoms with van der Waals surface area (Å²) >= 11 is 0. The van der Waals surface area contributed by atoms with E-state index in [-0.39, 0.29) is 17.4 Å². The summed E-state index contributed by atoms with van der Waals surface area (Å²) in [7, 11) is -4.03. The van der Waals surface area contributed by atoms with E-state index in [0.717, 1.165) is 22.9 Å². The van der Waals surface area contributed by atoms with Gasteiger partial charge in [-0.05, 0) is 44.2 Å². The van der Waals surface area contributed by atoms with Crippen LogP contribution in [0.25, 0.3) is 0 Å². The van der Waals surface area contributed by atoms with Crippen LogP contribution in [0.4, 0.5) is 4.39 Å². The van der Waals surface area contributed by atoms with Crippen molar-refractivity contribution < 1.29 is 32.2 Å². The lowest BCUT2D eigenvalue weighted by Crippen LogP contribution is -2.42. The van der Waals surface area contributed by atoms with E-state index in [2.05, 4.69) is 0 Å². The van der Waals surface area contributed by atoms with Crippen molar-refractivity contribution >= 4 is 22.1 Å². The van der Waals surface area contributed by atoms with Gasteiger partial charge >= 0.3 is 16.2 Å². The fourth-order valence-corrected chi connectivity index (χ4v) is 4.03. The van der Waals surface area contributed by atoms with Gasteiger partial charge in [0.25, 0.3) is 5.91 Å². The van der Waals surface area contributed by atoms with Gasteiger partial charge in [-0.1, -0.05) is 0 Å². The van der Waals surface area contributed by atoms with Crippen molar-refractivity contribution in [1.29, 1.82) is 0 Å². The maximum atomic E-state index is 14.3. The van der Waals surface area contributed by atoms with E-state index in [1.807, 2.05) is 4.72 Å². The number of carbonyl (C=O) groups excluding carboxylic acids is 1. The summed E-state index contributed by atoms with van der Waals surface area (Å²) in [5.74, 6) is -4.04. The van der Waals surface area contributed by atoms with Crippen LogP contribution in [0.5, 0.6) is 5.75 Å². The number of carbonyl (C=O) groups is 2. The molecule has 142 valence electrons. The molecule has 0 radical (unpaired) electrons. The van der Waals surface area contributed by atoms with E-state index in [4.69, 9.17) is 9.84 Å². The second kappa shape index (κ2) is 7.20. The zero-order valence-electron chi connectivity index (χ0n) is 13.9. The van der Waals surface area contributed by atoms with Crippen molar-refractivity contribution in [2.75, 3.05) is 13.1 Å². The van der Waals surface area contributed by atoms with E-state index in [1.54, 1.807) is 0 Å². The lowest BCUT2D eigenvalue weighted by molar-refractivity contribution is 0.0687. The van der Waals surface area contributed by atoms with Crippen molar-refractivity contribution in [3.05, 3.63) is 29.1 Å². The first-order valence-corrected chi connectivity index (χ1v) is 9.77. The Hall–Kier alpha value is -2.20. The molecular weight excluding hydrogens is 367 g/mol. The van der Waals surface area contributed by atoms with Crippen LogP contribution in [-0.4, -0.2) is 48.9 Å². The number of carboxylic acids is 1.